The van der Waals surface area contributed by atoms with Gasteiger partial charge < -0.3 is 10.6 Å². The number of urea groups is 1. The molecule has 3 rings (SSSR count). The van der Waals surface area contributed by atoms with Gasteiger partial charge in [0.2, 0.25) is 0 Å². The first-order valence-corrected chi connectivity index (χ1v) is 8.98. The van der Waals surface area contributed by atoms with Crippen molar-refractivity contribution in [1.82, 2.24) is 5.32 Å². The van der Waals surface area contributed by atoms with E-state index in [0.29, 0.717) is 5.02 Å². The molecule has 0 bridgehead atoms. The molecule has 0 saturated heterocycles. The number of aryl methyl sites for hydroxylation is 2. The van der Waals surface area contributed by atoms with Crippen LogP contribution in [0.25, 0.3) is 0 Å². The number of halogens is 1. The van der Waals surface area contributed by atoms with Crippen LogP contribution in [0, 0.1) is 0 Å². The number of carbonyl (C=O) groups is 1. The SMILES string of the molecule is CC[C@H](NC(=O)Nc1ccc(Cl)cc1)c1ccc2c(c1)CCCC2. The Balaban J connectivity index is 1.67. The van der Waals surface area contributed by atoms with Gasteiger partial charge in [-0.15, -0.1) is 0 Å². The van der Waals surface area contributed by atoms with E-state index >= 15 is 0 Å². The molecule has 4 heteroatoms. The van der Waals surface area contributed by atoms with Gasteiger partial charge in [0.25, 0.3) is 0 Å². The molecule has 0 heterocycles. The Morgan fingerprint density at radius 1 is 1.08 bits per heavy atom. The van der Waals surface area contributed by atoms with Crippen LogP contribution in [0.2, 0.25) is 5.02 Å². The van der Waals surface area contributed by atoms with Gasteiger partial charge in [0, 0.05) is 10.7 Å². The summed E-state index contributed by atoms with van der Waals surface area (Å²) in [5.74, 6) is 0. The summed E-state index contributed by atoms with van der Waals surface area (Å²) in [6, 6.07) is 13.6. The summed E-state index contributed by atoms with van der Waals surface area (Å²) in [6.07, 6.45) is 5.73. The van der Waals surface area contributed by atoms with E-state index in [-0.39, 0.29) is 12.1 Å². The highest BCUT2D eigenvalue weighted by Gasteiger charge is 2.16. The molecule has 0 fully saturated rings. The summed E-state index contributed by atoms with van der Waals surface area (Å²) in [5.41, 5.74) is 4.82. The lowest BCUT2D eigenvalue weighted by molar-refractivity contribution is 0.248. The minimum absolute atomic E-state index is 0.0181. The molecule has 126 valence electrons. The number of amides is 2. The van der Waals surface area contributed by atoms with Gasteiger partial charge in [-0.25, -0.2) is 4.79 Å². The second kappa shape index (κ2) is 7.71. The summed E-state index contributed by atoms with van der Waals surface area (Å²) in [4.78, 5) is 12.3. The largest absolute Gasteiger partial charge is 0.331 e. The van der Waals surface area contributed by atoms with Crippen molar-refractivity contribution in [2.75, 3.05) is 5.32 Å². The number of hydrogen-bond acceptors (Lipinski definition) is 1. The van der Waals surface area contributed by atoms with Crippen molar-refractivity contribution in [2.24, 2.45) is 0 Å². The van der Waals surface area contributed by atoms with Crippen molar-refractivity contribution in [1.29, 1.82) is 0 Å². The minimum atomic E-state index is -0.193. The molecule has 0 unspecified atom stereocenters. The molecule has 2 aromatic rings. The number of rotatable bonds is 4. The fraction of sp³-hybridized carbons (Fsp3) is 0.350. The average Bonchev–Trinajstić information content (AvgIpc) is 2.61. The molecule has 0 aromatic heterocycles. The van der Waals surface area contributed by atoms with Crippen molar-refractivity contribution < 1.29 is 4.79 Å². The Morgan fingerprint density at radius 3 is 2.50 bits per heavy atom. The molecule has 1 aliphatic carbocycles. The number of anilines is 1. The molecule has 1 atom stereocenters. The van der Waals surface area contributed by atoms with E-state index < -0.39 is 0 Å². The van der Waals surface area contributed by atoms with Crippen LogP contribution in [-0.2, 0) is 12.8 Å². The topological polar surface area (TPSA) is 41.1 Å². The zero-order valence-electron chi connectivity index (χ0n) is 13.9. The van der Waals surface area contributed by atoms with Gasteiger partial charge in [0.1, 0.15) is 0 Å². The van der Waals surface area contributed by atoms with Gasteiger partial charge in [-0.05, 0) is 73.1 Å². The summed E-state index contributed by atoms with van der Waals surface area (Å²) in [7, 11) is 0. The van der Waals surface area contributed by atoms with Crippen LogP contribution >= 0.6 is 11.6 Å². The number of benzene rings is 2. The molecule has 3 nitrogen and oxygen atoms in total. The average molecular weight is 343 g/mol. The summed E-state index contributed by atoms with van der Waals surface area (Å²) < 4.78 is 0. The maximum Gasteiger partial charge on any atom is 0.319 e. The highest BCUT2D eigenvalue weighted by Crippen LogP contribution is 2.26. The summed E-state index contributed by atoms with van der Waals surface area (Å²) in [5, 5.41) is 6.58. The predicted octanol–water partition coefficient (Wildman–Crippen LogP) is 5.49. The van der Waals surface area contributed by atoms with Crippen LogP contribution in [0.4, 0.5) is 10.5 Å². The van der Waals surface area contributed by atoms with Crippen LogP contribution in [0.3, 0.4) is 0 Å². The second-order valence-corrected chi connectivity index (χ2v) is 6.74. The molecule has 0 spiro atoms. The minimum Gasteiger partial charge on any atom is -0.331 e. The molecule has 2 aromatic carbocycles. The van der Waals surface area contributed by atoms with Crippen LogP contribution in [0.1, 0.15) is 48.9 Å². The van der Waals surface area contributed by atoms with E-state index in [4.69, 9.17) is 11.6 Å². The molecule has 1 aliphatic rings. The zero-order chi connectivity index (χ0) is 16.9. The van der Waals surface area contributed by atoms with Crippen LogP contribution in [0.5, 0.6) is 0 Å². The molecule has 0 aliphatic heterocycles. The maximum absolute atomic E-state index is 12.3. The molecular weight excluding hydrogens is 320 g/mol. The lowest BCUT2D eigenvalue weighted by Gasteiger charge is -2.22. The fourth-order valence-corrected chi connectivity index (χ4v) is 3.38. The van der Waals surface area contributed by atoms with Gasteiger partial charge in [0.05, 0.1) is 6.04 Å². The predicted molar refractivity (Wildman–Crippen MR) is 99.7 cm³/mol. The van der Waals surface area contributed by atoms with Gasteiger partial charge in [-0.2, -0.15) is 0 Å². The Labute approximate surface area is 148 Å². The molecule has 0 saturated carbocycles. The lowest BCUT2D eigenvalue weighted by atomic mass is 9.89. The van der Waals surface area contributed by atoms with Crippen molar-refractivity contribution in [3.05, 3.63) is 64.2 Å². The lowest BCUT2D eigenvalue weighted by Crippen LogP contribution is -2.32. The van der Waals surface area contributed by atoms with Crippen LogP contribution in [-0.4, -0.2) is 6.03 Å². The number of hydrogen-bond donors (Lipinski definition) is 2. The van der Waals surface area contributed by atoms with Crippen molar-refractivity contribution in [2.45, 2.75) is 45.1 Å². The summed E-state index contributed by atoms with van der Waals surface area (Å²) >= 11 is 5.86. The maximum atomic E-state index is 12.3. The first-order chi connectivity index (χ1) is 11.7. The second-order valence-electron chi connectivity index (χ2n) is 6.30. The quantitative estimate of drug-likeness (QED) is 0.757. The van der Waals surface area contributed by atoms with Crippen molar-refractivity contribution >= 4 is 23.3 Å². The van der Waals surface area contributed by atoms with E-state index in [2.05, 4.69) is 35.8 Å². The number of fused-ring (bicyclic) bond motifs is 1. The van der Waals surface area contributed by atoms with Gasteiger partial charge in [-0.3, -0.25) is 0 Å². The third-order valence-electron chi connectivity index (χ3n) is 4.59. The van der Waals surface area contributed by atoms with E-state index in [1.807, 2.05) is 0 Å². The standard InChI is InChI=1S/C20H23ClN2O/c1-2-19(16-8-7-14-5-3-4-6-15(14)13-16)23-20(24)22-18-11-9-17(21)10-12-18/h7-13,19H,2-6H2,1H3,(H2,22,23,24)/t19-/m0/s1. The van der Waals surface area contributed by atoms with E-state index in [1.54, 1.807) is 24.3 Å². The van der Waals surface area contributed by atoms with Crippen LogP contribution < -0.4 is 10.6 Å². The van der Waals surface area contributed by atoms with Gasteiger partial charge in [0.15, 0.2) is 0 Å². The monoisotopic (exact) mass is 342 g/mol. The third kappa shape index (κ3) is 4.09. The molecule has 0 radical (unpaired) electrons. The highest BCUT2D eigenvalue weighted by atomic mass is 35.5. The third-order valence-corrected chi connectivity index (χ3v) is 4.84. The van der Waals surface area contributed by atoms with Crippen LogP contribution in [0.15, 0.2) is 42.5 Å². The molecule has 2 N–H and O–H groups in total. The summed E-state index contributed by atoms with van der Waals surface area (Å²) in [6.45, 7) is 2.09. The smallest absolute Gasteiger partial charge is 0.319 e. The molecule has 2 amide bonds. The number of nitrogens with one attached hydrogen (secondary N) is 2. The highest BCUT2D eigenvalue weighted by molar-refractivity contribution is 6.30. The fourth-order valence-electron chi connectivity index (χ4n) is 3.25. The van der Waals surface area contributed by atoms with Gasteiger partial charge >= 0.3 is 6.03 Å². The van der Waals surface area contributed by atoms with Gasteiger partial charge in [-0.1, -0.05) is 36.7 Å². The Morgan fingerprint density at radius 2 is 1.79 bits per heavy atom. The van der Waals surface area contributed by atoms with E-state index in [1.165, 1.54) is 36.0 Å². The van der Waals surface area contributed by atoms with E-state index in [9.17, 15) is 4.79 Å². The zero-order valence-corrected chi connectivity index (χ0v) is 14.7. The number of carbonyl (C=O) groups excluding carboxylic acids is 1. The Bertz CT molecular complexity index is 712. The normalized spacial score (nSPS) is 14.6. The van der Waals surface area contributed by atoms with E-state index in [0.717, 1.165) is 18.5 Å². The first-order valence-electron chi connectivity index (χ1n) is 8.60. The first kappa shape index (κ1) is 16.8. The molecular formula is C20H23ClN2O. The molecule has 24 heavy (non-hydrogen) atoms. The van der Waals surface area contributed by atoms with Crippen molar-refractivity contribution in [3.8, 4) is 0 Å². The Kier molecular flexibility index (Phi) is 5.41. The Hall–Kier alpha value is -2.00. The van der Waals surface area contributed by atoms with Crippen molar-refractivity contribution in [3.63, 3.8) is 0 Å².